The molecule has 3 N–H and O–H groups in total. The van der Waals surface area contributed by atoms with Crippen LogP contribution >= 0.6 is 11.6 Å². The van der Waals surface area contributed by atoms with Gasteiger partial charge in [0.25, 0.3) is 0 Å². The second-order valence-corrected chi connectivity index (χ2v) is 5.64. The van der Waals surface area contributed by atoms with E-state index in [-0.39, 0.29) is 5.56 Å². The summed E-state index contributed by atoms with van der Waals surface area (Å²) >= 11 is 6.17. The zero-order valence-electron chi connectivity index (χ0n) is 11.0. The maximum Gasteiger partial charge on any atom is 0.337 e. The molecule has 0 bridgehead atoms. The Balaban J connectivity index is 2.28. The lowest BCUT2D eigenvalue weighted by Crippen LogP contribution is -2.26. The van der Waals surface area contributed by atoms with Gasteiger partial charge in [0.15, 0.2) is 0 Å². The fraction of sp³-hybridized carbons (Fsp3) is 0.500. The molecular weight excluding hydrogens is 264 g/mol. The van der Waals surface area contributed by atoms with Gasteiger partial charge >= 0.3 is 5.97 Å². The molecule has 1 aliphatic carbocycles. The van der Waals surface area contributed by atoms with E-state index in [1.165, 1.54) is 31.7 Å². The molecule has 0 atom stereocenters. The van der Waals surface area contributed by atoms with Crippen LogP contribution in [0.15, 0.2) is 12.1 Å². The molecule has 1 aromatic rings. The monoisotopic (exact) mass is 282 g/mol. The number of hydrogen-bond acceptors (Lipinski definition) is 3. The van der Waals surface area contributed by atoms with Crippen molar-refractivity contribution in [2.24, 2.45) is 5.92 Å². The van der Waals surface area contributed by atoms with E-state index in [4.69, 9.17) is 17.3 Å². The first-order valence-corrected chi connectivity index (χ1v) is 6.90. The van der Waals surface area contributed by atoms with E-state index < -0.39 is 5.97 Å². The fourth-order valence-electron chi connectivity index (χ4n) is 2.84. The number of aromatic carboxylic acids is 1. The molecule has 0 heterocycles. The first-order valence-electron chi connectivity index (χ1n) is 6.52. The van der Waals surface area contributed by atoms with Crippen molar-refractivity contribution in [3.05, 3.63) is 22.7 Å². The third kappa shape index (κ3) is 3.13. The molecule has 0 spiro atoms. The summed E-state index contributed by atoms with van der Waals surface area (Å²) in [6, 6.07) is 3.07. The van der Waals surface area contributed by atoms with Crippen LogP contribution < -0.4 is 10.6 Å². The lowest BCUT2D eigenvalue weighted by molar-refractivity contribution is 0.0697. The standard InChI is InChI=1S/C14H19ClN2O2/c1-17(8-9-4-2-3-5-9)13-11(14(18)19)6-10(16)7-12(13)15/h6-7,9H,2-5,8,16H2,1H3,(H,18,19). The van der Waals surface area contributed by atoms with Crippen molar-refractivity contribution in [2.45, 2.75) is 25.7 Å². The number of hydrogen-bond donors (Lipinski definition) is 2. The van der Waals surface area contributed by atoms with Crippen molar-refractivity contribution in [3.63, 3.8) is 0 Å². The summed E-state index contributed by atoms with van der Waals surface area (Å²) in [7, 11) is 1.89. The zero-order chi connectivity index (χ0) is 14.0. The highest BCUT2D eigenvalue weighted by Gasteiger charge is 2.22. The molecule has 0 amide bonds. The molecule has 2 rings (SSSR count). The number of carboxylic acids is 1. The largest absolute Gasteiger partial charge is 0.478 e. The van der Waals surface area contributed by atoms with E-state index >= 15 is 0 Å². The normalized spacial score (nSPS) is 15.7. The minimum atomic E-state index is -0.998. The summed E-state index contributed by atoms with van der Waals surface area (Å²) in [4.78, 5) is 13.3. The smallest absolute Gasteiger partial charge is 0.337 e. The average molecular weight is 283 g/mol. The van der Waals surface area contributed by atoms with Gasteiger partial charge in [0, 0.05) is 19.3 Å². The number of nitrogens with two attached hydrogens (primary N) is 1. The average Bonchev–Trinajstić information content (AvgIpc) is 2.80. The predicted octanol–water partition coefficient (Wildman–Crippen LogP) is 3.25. The molecule has 1 aromatic carbocycles. The van der Waals surface area contributed by atoms with E-state index in [9.17, 15) is 9.90 Å². The summed E-state index contributed by atoms with van der Waals surface area (Å²) in [5.74, 6) is -0.372. The van der Waals surface area contributed by atoms with Gasteiger partial charge in [-0.25, -0.2) is 4.79 Å². The van der Waals surface area contributed by atoms with Gasteiger partial charge in [-0.15, -0.1) is 0 Å². The van der Waals surface area contributed by atoms with Gasteiger partial charge in [-0.3, -0.25) is 0 Å². The van der Waals surface area contributed by atoms with Crippen molar-refractivity contribution in [1.29, 1.82) is 0 Å². The van der Waals surface area contributed by atoms with Crippen molar-refractivity contribution in [1.82, 2.24) is 0 Å². The molecular formula is C14H19ClN2O2. The Labute approximate surface area is 118 Å². The van der Waals surface area contributed by atoms with Crippen molar-refractivity contribution < 1.29 is 9.90 Å². The van der Waals surface area contributed by atoms with Crippen LogP contribution in [-0.4, -0.2) is 24.7 Å². The second kappa shape index (κ2) is 5.70. The van der Waals surface area contributed by atoms with E-state index in [2.05, 4.69) is 0 Å². The highest BCUT2D eigenvalue weighted by atomic mass is 35.5. The van der Waals surface area contributed by atoms with Gasteiger partial charge in [0.2, 0.25) is 0 Å². The topological polar surface area (TPSA) is 66.6 Å². The molecule has 0 saturated heterocycles. The van der Waals surface area contributed by atoms with E-state index in [0.29, 0.717) is 22.3 Å². The van der Waals surface area contributed by atoms with Gasteiger partial charge in [0.05, 0.1) is 16.3 Å². The molecule has 5 heteroatoms. The van der Waals surface area contributed by atoms with Crippen LogP contribution in [0.4, 0.5) is 11.4 Å². The number of carboxylic acid groups (broad SMARTS) is 1. The summed E-state index contributed by atoms with van der Waals surface area (Å²) in [6.45, 7) is 0.837. The molecule has 1 aliphatic rings. The maximum absolute atomic E-state index is 11.3. The number of halogens is 1. The lowest BCUT2D eigenvalue weighted by atomic mass is 10.1. The quantitative estimate of drug-likeness (QED) is 0.832. The Hall–Kier alpha value is -1.42. The van der Waals surface area contributed by atoms with E-state index in [1.807, 2.05) is 11.9 Å². The van der Waals surface area contributed by atoms with Gasteiger partial charge in [-0.2, -0.15) is 0 Å². The Kier molecular flexibility index (Phi) is 4.20. The number of benzene rings is 1. The van der Waals surface area contributed by atoms with Crippen molar-refractivity contribution in [2.75, 3.05) is 24.2 Å². The number of nitrogen functional groups attached to an aromatic ring is 1. The Morgan fingerprint density at radius 3 is 2.68 bits per heavy atom. The maximum atomic E-state index is 11.3. The first kappa shape index (κ1) is 14.0. The number of carbonyl (C=O) groups is 1. The summed E-state index contributed by atoms with van der Waals surface area (Å²) < 4.78 is 0. The van der Waals surface area contributed by atoms with Crippen molar-refractivity contribution in [3.8, 4) is 0 Å². The molecule has 0 aliphatic heterocycles. The minimum absolute atomic E-state index is 0.172. The molecule has 104 valence electrons. The Morgan fingerprint density at radius 1 is 1.47 bits per heavy atom. The Morgan fingerprint density at radius 2 is 2.11 bits per heavy atom. The number of rotatable bonds is 4. The van der Waals surface area contributed by atoms with Crippen LogP contribution in [0.2, 0.25) is 5.02 Å². The Bertz CT molecular complexity index is 485. The highest BCUT2D eigenvalue weighted by molar-refractivity contribution is 6.34. The van der Waals surface area contributed by atoms with Gasteiger partial charge in [-0.1, -0.05) is 24.4 Å². The van der Waals surface area contributed by atoms with Crippen LogP contribution in [0.25, 0.3) is 0 Å². The molecule has 1 saturated carbocycles. The molecule has 0 aromatic heterocycles. The van der Waals surface area contributed by atoms with Crippen LogP contribution in [0, 0.1) is 5.92 Å². The van der Waals surface area contributed by atoms with Gasteiger partial charge in [0.1, 0.15) is 0 Å². The van der Waals surface area contributed by atoms with Gasteiger partial charge < -0.3 is 15.7 Å². The molecule has 4 nitrogen and oxygen atoms in total. The SMILES string of the molecule is CN(CC1CCCC1)c1c(Cl)cc(N)cc1C(=O)O. The van der Waals surface area contributed by atoms with Crippen molar-refractivity contribution >= 4 is 28.9 Å². The van der Waals surface area contributed by atoms with E-state index in [1.54, 1.807) is 6.07 Å². The summed E-state index contributed by atoms with van der Waals surface area (Å²) in [5, 5.41) is 9.68. The van der Waals surface area contributed by atoms with Crippen LogP contribution in [0.5, 0.6) is 0 Å². The number of anilines is 2. The van der Waals surface area contributed by atoms with Crippen LogP contribution in [-0.2, 0) is 0 Å². The molecule has 0 radical (unpaired) electrons. The fourth-order valence-corrected chi connectivity index (χ4v) is 3.21. The summed E-state index contributed by atoms with van der Waals surface area (Å²) in [6.07, 6.45) is 4.94. The highest BCUT2D eigenvalue weighted by Crippen LogP contribution is 2.34. The minimum Gasteiger partial charge on any atom is -0.478 e. The number of nitrogens with zero attached hydrogens (tertiary/aromatic N) is 1. The second-order valence-electron chi connectivity index (χ2n) is 5.24. The third-order valence-corrected chi connectivity index (χ3v) is 3.99. The third-order valence-electron chi connectivity index (χ3n) is 3.70. The zero-order valence-corrected chi connectivity index (χ0v) is 11.8. The predicted molar refractivity (Wildman–Crippen MR) is 78.1 cm³/mol. The first-order chi connectivity index (χ1) is 8.99. The van der Waals surface area contributed by atoms with Crippen LogP contribution in [0.1, 0.15) is 36.0 Å². The molecule has 1 fully saturated rings. The molecule has 0 unspecified atom stereocenters. The lowest BCUT2D eigenvalue weighted by Gasteiger charge is -2.25. The van der Waals surface area contributed by atoms with Crippen LogP contribution in [0.3, 0.4) is 0 Å². The molecule has 19 heavy (non-hydrogen) atoms. The summed E-state index contributed by atoms with van der Waals surface area (Å²) in [5.41, 5.74) is 6.78. The van der Waals surface area contributed by atoms with Gasteiger partial charge in [-0.05, 0) is 30.9 Å². The van der Waals surface area contributed by atoms with E-state index in [0.717, 1.165) is 6.54 Å².